The lowest BCUT2D eigenvalue weighted by Gasteiger charge is -2.20. The Morgan fingerprint density at radius 3 is 2.15 bits per heavy atom. The molecule has 0 fully saturated rings. The Bertz CT molecular complexity index is 339. The van der Waals surface area contributed by atoms with Crippen LogP contribution in [0.3, 0.4) is 0 Å². The maximum atomic E-state index is 4.59. The Morgan fingerprint density at radius 2 is 1.46 bits per heavy atom. The normalized spacial score (nSPS) is 15.6. The molecule has 0 spiro atoms. The summed E-state index contributed by atoms with van der Waals surface area (Å²) in [5, 5.41) is 0. The highest BCUT2D eigenvalue weighted by atomic mass is 14.7. The van der Waals surface area contributed by atoms with Crippen LogP contribution < -0.4 is 0 Å². The second-order valence-corrected chi connectivity index (χ2v) is 4.07. The molecule has 1 aliphatic carbocycles. The van der Waals surface area contributed by atoms with E-state index in [9.17, 15) is 0 Å². The molecule has 0 unspecified atom stereocenters. The van der Waals surface area contributed by atoms with Crippen LogP contribution in [0.1, 0.15) is 40.9 Å². The van der Waals surface area contributed by atoms with Crippen molar-refractivity contribution in [3.8, 4) is 0 Å². The van der Waals surface area contributed by atoms with Gasteiger partial charge >= 0.3 is 0 Å². The van der Waals surface area contributed by atoms with Crippen molar-refractivity contribution in [1.82, 2.24) is 4.98 Å². The van der Waals surface area contributed by atoms with E-state index in [0.717, 1.165) is 0 Å². The van der Waals surface area contributed by atoms with Gasteiger partial charge in [0.15, 0.2) is 0 Å². The molecular formula is C12H17N. The van der Waals surface area contributed by atoms with E-state index in [0.29, 0.717) is 0 Å². The van der Waals surface area contributed by atoms with Crippen molar-refractivity contribution in [2.45, 2.75) is 46.5 Å². The summed E-state index contributed by atoms with van der Waals surface area (Å²) in [6.07, 6.45) is 5.22. The smallest absolute Gasteiger partial charge is 0.0410 e. The van der Waals surface area contributed by atoms with Gasteiger partial charge in [-0.2, -0.15) is 0 Å². The minimum absolute atomic E-state index is 1.22. The molecular weight excluding hydrogens is 158 g/mol. The molecule has 1 heteroatoms. The second kappa shape index (κ2) is 3.13. The summed E-state index contributed by atoms with van der Waals surface area (Å²) in [4.78, 5) is 4.59. The van der Waals surface area contributed by atoms with Crippen LogP contribution in [0.4, 0.5) is 0 Å². The number of pyridine rings is 1. The van der Waals surface area contributed by atoms with Gasteiger partial charge in [0, 0.05) is 11.4 Å². The van der Waals surface area contributed by atoms with E-state index in [4.69, 9.17) is 0 Å². The van der Waals surface area contributed by atoms with Crippen LogP contribution in [0.2, 0.25) is 0 Å². The van der Waals surface area contributed by atoms with Crippen molar-refractivity contribution in [3.05, 3.63) is 28.1 Å². The van der Waals surface area contributed by atoms with Crippen LogP contribution in [-0.2, 0) is 12.8 Å². The van der Waals surface area contributed by atoms with Crippen LogP contribution in [0, 0.1) is 20.8 Å². The van der Waals surface area contributed by atoms with Gasteiger partial charge in [-0.05, 0) is 63.1 Å². The van der Waals surface area contributed by atoms with Crippen LogP contribution in [0.5, 0.6) is 0 Å². The minimum Gasteiger partial charge on any atom is -0.258 e. The number of nitrogens with zero attached hydrogens (tertiary/aromatic N) is 1. The van der Waals surface area contributed by atoms with Crippen molar-refractivity contribution in [2.24, 2.45) is 0 Å². The number of hydrogen-bond donors (Lipinski definition) is 0. The van der Waals surface area contributed by atoms with Crippen molar-refractivity contribution in [3.63, 3.8) is 0 Å². The molecule has 1 aromatic heterocycles. The van der Waals surface area contributed by atoms with Gasteiger partial charge < -0.3 is 0 Å². The van der Waals surface area contributed by atoms with E-state index >= 15 is 0 Å². The number of fused-ring (bicyclic) bond motifs is 1. The second-order valence-electron chi connectivity index (χ2n) is 4.07. The van der Waals surface area contributed by atoms with Crippen LogP contribution in [0.15, 0.2) is 0 Å². The number of hydrogen-bond acceptors (Lipinski definition) is 1. The van der Waals surface area contributed by atoms with Crippen molar-refractivity contribution in [2.75, 3.05) is 0 Å². The van der Waals surface area contributed by atoms with Crippen LogP contribution in [0.25, 0.3) is 0 Å². The molecule has 2 rings (SSSR count). The topological polar surface area (TPSA) is 12.9 Å². The molecule has 0 atom stereocenters. The first kappa shape index (κ1) is 8.74. The van der Waals surface area contributed by atoms with E-state index in [2.05, 4.69) is 25.8 Å². The van der Waals surface area contributed by atoms with Gasteiger partial charge in [-0.3, -0.25) is 4.98 Å². The third-order valence-electron chi connectivity index (χ3n) is 3.24. The summed E-state index contributed by atoms with van der Waals surface area (Å²) >= 11 is 0. The first-order valence-corrected chi connectivity index (χ1v) is 5.15. The van der Waals surface area contributed by atoms with E-state index in [1.165, 1.54) is 48.2 Å². The Kier molecular flexibility index (Phi) is 2.10. The molecule has 1 aliphatic rings. The fourth-order valence-corrected chi connectivity index (χ4v) is 2.34. The molecule has 0 saturated carbocycles. The van der Waals surface area contributed by atoms with Gasteiger partial charge in [0.25, 0.3) is 0 Å². The fraction of sp³-hybridized carbons (Fsp3) is 0.583. The molecule has 1 nitrogen and oxygen atoms in total. The summed E-state index contributed by atoms with van der Waals surface area (Å²) in [5.74, 6) is 0. The monoisotopic (exact) mass is 175 g/mol. The fourth-order valence-electron chi connectivity index (χ4n) is 2.34. The summed E-state index contributed by atoms with van der Waals surface area (Å²) in [5.41, 5.74) is 7.04. The van der Waals surface area contributed by atoms with Crippen molar-refractivity contribution >= 4 is 0 Å². The molecule has 70 valence electrons. The number of aryl methyl sites for hydroxylation is 2. The van der Waals surface area contributed by atoms with E-state index in [-0.39, 0.29) is 0 Å². The molecule has 0 aromatic carbocycles. The Morgan fingerprint density at radius 1 is 0.846 bits per heavy atom. The highest BCUT2D eigenvalue weighted by Crippen LogP contribution is 2.27. The molecule has 0 aliphatic heterocycles. The van der Waals surface area contributed by atoms with Gasteiger partial charge in [0.2, 0.25) is 0 Å². The Labute approximate surface area is 80.2 Å². The lowest BCUT2D eigenvalue weighted by atomic mass is 9.87. The molecule has 0 radical (unpaired) electrons. The predicted molar refractivity (Wildman–Crippen MR) is 55.1 cm³/mol. The Hall–Kier alpha value is -0.850. The van der Waals surface area contributed by atoms with Crippen LogP contribution in [-0.4, -0.2) is 4.98 Å². The van der Waals surface area contributed by atoms with Gasteiger partial charge in [-0.25, -0.2) is 0 Å². The Balaban J connectivity index is 2.63. The van der Waals surface area contributed by atoms with Crippen molar-refractivity contribution < 1.29 is 0 Å². The summed E-state index contributed by atoms with van der Waals surface area (Å²) in [6, 6.07) is 0. The van der Waals surface area contributed by atoms with E-state index in [1.54, 1.807) is 5.56 Å². The summed E-state index contributed by atoms with van der Waals surface area (Å²) < 4.78 is 0. The minimum atomic E-state index is 1.22. The number of rotatable bonds is 0. The van der Waals surface area contributed by atoms with E-state index in [1.807, 2.05) is 0 Å². The summed E-state index contributed by atoms with van der Waals surface area (Å²) in [7, 11) is 0. The predicted octanol–water partition coefficient (Wildman–Crippen LogP) is 2.89. The average Bonchev–Trinajstić information content (AvgIpc) is 2.15. The standard InChI is InChI=1S/C12H17N/c1-8-9(2)13-10(3)12-7-5-4-6-11(8)12/h4-7H2,1-3H3. The average molecular weight is 175 g/mol. The molecule has 0 N–H and O–H groups in total. The SMILES string of the molecule is Cc1nc(C)c2c(c1C)CCCC2. The van der Waals surface area contributed by atoms with Gasteiger partial charge in [0.1, 0.15) is 0 Å². The maximum Gasteiger partial charge on any atom is 0.0410 e. The van der Waals surface area contributed by atoms with Crippen molar-refractivity contribution in [1.29, 1.82) is 0 Å². The molecule has 0 saturated heterocycles. The third kappa shape index (κ3) is 1.37. The zero-order valence-corrected chi connectivity index (χ0v) is 8.78. The molecule has 1 aromatic rings. The maximum absolute atomic E-state index is 4.59. The van der Waals surface area contributed by atoms with Gasteiger partial charge in [-0.15, -0.1) is 0 Å². The number of aromatic nitrogens is 1. The highest BCUT2D eigenvalue weighted by molar-refractivity contribution is 5.40. The molecule has 0 amide bonds. The zero-order chi connectivity index (χ0) is 9.42. The van der Waals surface area contributed by atoms with Gasteiger partial charge in [0.05, 0.1) is 0 Å². The third-order valence-corrected chi connectivity index (χ3v) is 3.24. The molecule has 1 heterocycles. The van der Waals surface area contributed by atoms with E-state index < -0.39 is 0 Å². The zero-order valence-electron chi connectivity index (χ0n) is 8.78. The van der Waals surface area contributed by atoms with Crippen LogP contribution >= 0.6 is 0 Å². The molecule has 13 heavy (non-hydrogen) atoms. The molecule has 0 bridgehead atoms. The highest BCUT2D eigenvalue weighted by Gasteiger charge is 2.15. The summed E-state index contributed by atoms with van der Waals surface area (Å²) in [6.45, 7) is 6.49. The largest absolute Gasteiger partial charge is 0.258 e. The lowest BCUT2D eigenvalue weighted by Crippen LogP contribution is -2.10. The first-order valence-electron chi connectivity index (χ1n) is 5.15. The quantitative estimate of drug-likeness (QED) is 0.591. The first-order chi connectivity index (χ1) is 6.20. The lowest BCUT2D eigenvalue weighted by molar-refractivity contribution is 0.670. The van der Waals surface area contributed by atoms with Gasteiger partial charge in [-0.1, -0.05) is 0 Å².